The zero-order valence-electron chi connectivity index (χ0n) is 13.4. The van der Waals surface area contributed by atoms with Gasteiger partial charge >= 0.3 is 0 Å². The number of ether oxygens (including phenoxy) is 1. The fourth-order valence-electron chi connectivity index (χ4n) is 2.05. The number of carbonyl (C=O) groups is 1. The number of amides is 1. The summed E-state index contributed by atoms with van der Waals surface area (Å²) < 4.78 is 5.71. The Labute approximate surface area is 132 Å². The van der Waals surface area contributed by atoms with Gasteiger partial charge in [0.25, 0.3) is 5.91 Å². The lowest BCUT2D eigenvalue weighted by molar-refractivity contribution is 0.0919. The SMILES string of the molecule is CC(C)(C)NC(=O)c1ccc(OCCc2ccccc2)cc1. The van der Waals surface area contributed by atoms with Crippen LogP contribution in [0.5, 0.6) is 5.75 Å². The minimum absolute atomic E-state index is 0.0664. The lowest BCUT2D eigenvalue weighted by Gasteiger charge is -2.20. The largest absolute Gasteiger partial charge is 0.493 e. The van der Waals surface area contributed by atoms with Crippen molar-refractivity contribution in [3.63, 3.8) is 0 Å². The van der Waals surface area contributed by atoms with Gasteiger partial charge in [-0.15, -0.1) is 0 Å². The van der Waals surface area contributed by atoms with Crippen LogP contribution in [0, 0.1) is 0 Å². The zero-order chi connectivity index (χ0) is 16.0. The Morgan fingerprint density at radius 2 is 1.64 bits per heavy atom. The van der Waals surface area contributed by atoms with Crippen molar-refractivity contribution in [3.05, 3.63) is 65.7 Å². The van der Waals surface area contributed by atoms with E-state index in [-0.39, 0.29) is 11.4 Å². The molecular formula is C19H23NO2. The minimum atomic E-state index is -0.234. The Balaban J connectivity index is 1.85. The van der Waals surface area contributed by atoms with Crippen molar-refractivity contribution < 1.29 is 9.53 Å². The molecule has 0 aliphatic carbocycles. The molecule has 0 aliphatic heterocycles. The molecule has 3 nitrogen and oxygen atoms in total. The highest BCUT2D eigenvalue weighted by Crippen LogP contribution is 2.13. The second-order valence-electron chi connectivity index (χ2n) is 6.31. The summed E-state index contributed by atoms with van der Waals surface area (Å²) in [7, 11) is 0. The summed E-state index contributed by atoms with van der Waals surface area (Å²) in [5, 5.41) is 2.94. The molecule has 0 heterocycles. The normalized spacial score (nSPS) is 11.0. The molecule has 0 radical (unpaired) electrons. The van der Waals surface area contributed by atoms with Gasteiger partial charge < -0.3 is 10.1 Å². The summed E-state index contributed by atoms with van der Waals surface area (Å²) in [6.45, 7) is 6.52. The van der Waals surface area contributed by atoms with E-state index in [9.17, 15) is 4.79 Å². The van der Waals surface area contributed by atoms with Crippen molar-refractivity contribution in [2.75, 3.05) is 6.61 Å². The van der Waals surface area contributed by atoms with Crippen molar-refractivity contribution in [1.29, 1.82) is 0 Å². The van der Waals surface area contributed by atoms with Crippen molar-refractivity contribution in [2.24, 2.45) is 0 Å². The molecule has 2 aromatic carbocycles. The Kier molecular flexibility index (Phi) is 5.21. The highest BCUT2D eigenvalue weighted by atomic mass is 16.5. The van der Waals surface area contributed by atoms with E-state index in [4.69, 9.17) is 4.74 Å². The number of carbonyl (C=O) groups excluding carboxylic acids is 1. The minimum Gasteiger partial charge on any atom is -0.493 e. The molecule has 22 heavy (non-hydrogen) atoms. The van der Waals surface area contributed by atoms with Gasteiger partial charge in [-0.1, -0.05) is 30.3 Å². The second kappa shape index (κ2) is 7.12. The third kappa shape index (κ3) is 5.24. The highest BCUT2D eigenvalue weighted by Gasteiger charge is 2.14. The summed E-state index contributed by atoms with van der Waals surface area (Å²) in [5.41, 5.74) is 1.66. The molecule has 0 saturated heterocycles. The molecule has 0 fully saturated rings. The van der Waals surface area contributed by atoms with E-state index >= 15 is 0 Å². The molecule has 116 valence electrons. The molecule has 2 rings (SSSR count). The quantitative estimate of drug-likeness (QED) is 0.910. The van der Waals surface area contributed by atoms with Gasteiger partial charge in [-0.25, -0.2) is 0 Å². The average Bonchev–Trinajstić information content (AvgIpc) is 2.47. The predicted molar refractivity (Wildman–Crippen MR) is 89.3 cm³/mol. The van der Waals surface area contributed by atoms with Gasteiger partial charge in [-0.05, 0) is 50.6 Å². The van der Waals surface area contributed by atoms with Crippen LogP contribution in [0.4, 0.5) is 0 Å². The van der Waals surface area contributed by atoms with Crippen molar-refractivity contribution >= 4 is 5.91 Å². The van der Waals surface area contributed by atoms with Crippen LogP contribution in [-0.4, -0.2) is 18.1 Å². The summed E-state index contributed by atoms with van der Waals surface area (Å²) in [4.78, 5) is 12.0. The zero-order valence-corrected chi connectivity index (χ0v) is 13.4. The van der Waals surface area contributed by atoms with Gasteiger partial charge in [-0.3, -0.25) is 4.79 Å². The fraction of sp³-hybridized carbons (Fsp3) is 0.316. The van der Waals surface area contributed by atoms with E-state index in [0.29, 0.717) is 12.2 Å². The van der Waals surface area contributed by atoms with E-state index in [1.54, 1.807) is 12.1 Å². The summed E-state index contributed by atoms with van der Waals surface area (Å²) >= 11 is 0. The van der Waals surface area contributed by atoms with Crippen LogP contribution in [0.15, 0.2) is 54.6 Å². The smallest absolute Gasteiger partial charge is 0.251 e. The summed E-state index contributed by atoms with van der Waals surface area (Å²) in [6, 6.07) is 17.5. The third-order valence-electron chi connectivity index (χ3n) is 3.11. The maximum absolute atomic E-state index is 12.0. The molecule has 0 atom stereocenters. The maximum Gasteiger partial charge on any atom is 0.251 e. The molecule has 1 N–H and O–H groups in total. The van der Waals surface area contributed by atoms with E-state index in [1.807, 2.05) is 51.1 Å². The topological polar surface area (TPSA) is 38.3 Å². The Bertz CT molecular complexity index is 598. The van der Waals surface area contributed by atoms with Gasteiger partial charge in [-0.2, -0.15) is 0 Å². The fourth-order valence-corrected chi connectivity index (χ4v) is 2.05. The number of nitrogens with one attached hydrogen (secondary N) is 1. The molecule has 0 aliphatic rings. The summed E-state index contributed by atoms with van der Waals surface area (Å²) in [6.07, 6.45) is 0.868. The monoisotopic (exact) mass is 297 g/mol. The number of hydrogen-bond donors (Lipinski definition) is 1. The van der Waals surface area contributed by atoms with Gasteiger partial charge in [0.2, 0.25) is 0 Å². The average molecular weight is 297 g/mol. The van der Waals surface area contributed by atoms with E-state index in [1.165, 1.54) is 5.56 Å². The molecular weight excluding hydrogens is 274 g/mol. The molecule has 3 heteroatoms. The Morgan fingerprint density at radius 3 is 2.23 bits per heavy atom. The first-order chi connectivity index (χ1) is 10.4. The van der Waals surface area contributed by atoms with E-state index in [2.05, 4.69) is 17.4 Å². The van der Waals surface area contributed by atoms with Crippen LogP contribution in [0.25, 0.3) is 0 Å². The van der Waals surface area contributed by atoms with Crippen LogP contribution in [-0.2, 0) is 6.42 Å². The van der Waals surface area contributed by atoms with Crippen LogP contribution in [0.2, 0.25) is 0 Å². The van der Waals surface area contributed by atoms with E-state index in [0.717, 1.165) is 12.2 Å². The molecule has 0 spiro atoms. The standard InChI is InChI=1S/C19H23NO2/c1-19(2,3)20-18(21)16-9-11-17(12-10-16)22-14-13-15-7-5-4-6-8-15/h4-12H,13-14H2,1-3H3,(H,20,21). The van der Waals surface area contributed by atoms with Crippen molar-refractivity contribution in [2.45, 2.75) is 32.7 Å². The van der Waals surface area contributed by atoms with Crippen molar-refractivity contribution in [1.82, 2.24) is 5.32 Å². The van der Waals surface area contributed by atoms with Gasteiger partial charge in [0.05, 0.1) is 6.61 Å². The van der Waals surface area contributed by atoms with Crippen LogP contribution in [0.1, 0.15) is 36.7 Å². The van der Waals surface area contributed by atoms with Crippen LogP contribution < -0.4 is 10.1 Å². The third-order valence-corrected chi connectivity index (χ3v) is 3.11. The summed E-state index contributed by atoms with van der Waals surface area (Å²) in [5.74, 6) is 0.714. The number of hydrogen-bond acceptors (Lipinski definition) is 2. The molecule has 0 saturated carbocycles. The van der Waals surface area contributed by atoms with Crippen LogP contribution >= 0.6 is 0 Å². The van der Waals surface area contributed by atoms with Gasteiger partial charge in [0.1, 0.15) is 5.75 Å². The Hall–Kier alpha value is -2.29. The molecule has 1 amide bonds. The first kappa shape index (κ1) is 16.1. The predicted octanol–water partition coefficient (Wildman–Crippen LogP) is 3.84. The molecule has 0 aromatic heterocycles. The first-order valence-electron chi connectivity index (χ1n) is 7.53. The highest BCUT2D eigenvalue weighted by molar-refractivity contribution is 5.94. The van der Waals surface area contributed by atoms with Gasteiger partial charge in [0.15, 0.2) is 0 Å². The van der Waals surface area contributed by atoms with Gasteiger partial charge in [0, 0.05) is 17.5 Å². The first-order valence-corrected chi connectivity index (χ1v) is 7.53. The Morgan fingerprint density at radius 1 is 1.00 bits per heavy atom. The number of rotatable bonds is 5. The van der Waals surface area contributed by atoms with E-state index < -0.39 is 0 Å². The molecule has 0 unspecified atom stereocenters. The maximum atomic E-state index is 12.0. The lowest BCUT2D eigenvalue weighted by atomic mass is 10.1. The van der Waals surface area contributed by atoms with Crippen LogP contribution in [0.3, 0.4) is 0 Å². The second-order valence-corrected chi connectivity index (χ2v) is 6.31. The molecule has 2 aromatic rings. The van der Waals surface area contributed by atoms with Crippen molar-refractivity contribution in [3.8, 4) is 5.75 Å². The molecule has 0 bridgehead atoms. The number of benzene rings is 2. The lowest BCUT2D eigenvalue weighted by Crippen LogP contribution is -2.40.